The SMILES string of the molecule is CC(C)(C)OC(=O)Nc1nnc(C#CCOc2ccccc2)s1. The molecule has 23 heavy (non-hydrogen) atoms. The van der Waals surface area contributed by atoms with Crippen molar-refractivity contribution >= 4 is 22.6 Å². The van der Waals surface area contributed by atoms with Crippen molar-refractivity contribution in [3.8, 4) is 17.6 Å². The van der Waals surface area contributed by atoms with Crippen LogP contribution in [-0.2, 0) is 4.74 Å². The van der Waals surface area contributed by atoms with Crippen LogP contribution >= 0.6 is 11.3 Å². The van der Waals surface area contributed by atoms with Gasteiger partial charge in [0, 0.05) is 0 Å². The molecular formula is C16H17N3O3S. The van der Waals surface area contributed by atoms with E-state index in [1.165, 1.54) is 11.3 Å². The second kappa shape index (κ2) is 7.61. The molecule has 0 aliphatic heterocycles. The molecule has 7 heteroatoms. The summed E-state index contributed by atoms with van der Waals surface area (Å²) in [6.07, 6.45) is -0.569. The molecule has 6 nitrogen and oxygen atoms in total. The van der Waals surface area contributed by atoms with Crippen LogP contribution in [-0.4, -0.2) is 28.5 Å². The first kappa shape index (κ1) is 16.8. The molecule has 1 amide bonds. The maximum Gasteiger partial charge on any atom is 0.414 e. The van der Waals surface area contributed by atoms with E-state index in [2.05, 4.69) is 27.4 Å². The van der Waals surface area contributed by atoms with Gasteiger partial charge in [-0.05, 0) is 38.8 Å². The fourth-order valence-corrected chi connectivity index (χ4v) is 2.07. The van der Waals surface area contributed by atoms with E-state index >= 15 is 0 Å². The first-order valence-corrected chi connectivity index (χ1v) is 7.74. The minimum Gasteiger partial charge on any atom is -0.481 e. The summed E-state index contributed by atoms with van der Waals surface area (Å²) >= 11 is 1.17. The van der Waals surface area contributed by atoms with Crippen molar-refractivity contribution in [1.82, 2.24) is 10.2 Å². The van der Waals surface area contributed by atoms with Gasteiger partial charge >= 0.3 is 6.09 Å². The minimum absolute atomic E-state index is 0.248. The molecule has 0 spiro atoms. The Labute approximate surface area is 138 Å². The maximum atomic E-state index is 11.6. The highest BCUT2D eigenvalue weighted by Gasteiger charge is 2.17. The quantitative estimate of drug-likeness (QED) is 0.874. The van der Waals surface area contributed by atoms with E-state index in [1.807, 2.05) is 30.3 Å². The van der Waals surface area contributed by atoms with Gasteiger partial charge in [0.1, 0.15) is 18.0 Å². The van der Waals surface area contributed by atoms with Crippen LogP contribution in [0.2, 0.25) is 0 Å². The number of nitrogens with zero attached hydrogens (tertiary/aromatic N) is 2. The van der Waals surface area contributed by atoms with E-state index in [0.717, 1.165) is 5.75 Å². The zero-order chi connectivity index (χ0) is 16.7. The van der Waals surface area contributed by atoms with Gasteiger partial charge in [0.2, 0.25) is 5.13 Å². The van der Waals surface area contributed by atoms with Crippen molar-refractivity contribution in [3.63, 3.8) is 0 Å². The Kier molecular flexibility index (Phi) is 5.55. The highest BCUT2D eigenvalue weighted by molar-refractivity contribution is 7.15. The average Bonchev–Trinajstić information content (AvgIpc) is 2.90. The first-order valence-electron chi connectivity index (χ1n) is 6.92. The number of aromatic nitrogens is 2. The third-order valence-corrected chi connectivity index (χ3v) is 3.04. The van der Waals surface area contributed by atoms with E-state index < -0.39 is 11.7 Å². The van der Waals surface area contributed by atoms with Crippen LogP contribution in [0.4, 0.5) is 9.93 Å². The lowest BCUT2D eigenvalue weighted by Crippen LogP contribution is -2.27. The lowest BCUT2D eigenvalue weighted by Gasteiger charge is -2.18. The molecule has 2 aromatic rings. The van der Waals surface area contributed by atoms with Crippen LogP contribution < -0.4 is 10.1 Å². The highest BCUT2D eigenvalue weighted by Crippen LogP contribution is 2.16. The molecule has 1 aromatic carbocycles. The zero-order valence-electron chi connectivity index (χ0n) is 13.1. The van der Waals surface area contributed by atoms with E-state index in [4.69, 9.17) is 9.47 Å². The van der Waals surface area contributed by atoms with Gasteiger partial charge < -0.3 is 9.47 Å². The van der Waals surface area contributed by atoms with Gasteiger partial charge in [0.05, 0.1) is 0 Å². The predicted octanol–water partition coefficient (Wildman–Crippen LogP) is 3.32. The summed E-state index contributed by atoms with van der Waals surface area (Å²) in [5.74, 6) is 6.44. The van der Waals surface area contributed by atoms with Gasteiger partial charge in [-0.15, -0.1) is 10.2 Å². The number of rotatable bonds is 3. The Hall–Kier alpha value is -2.59. The molecule has 2 rings (SSSR count). The van der Waals surface area contributed by atoms with Crippen molar-refractivity contribution in [1.29, 1.82) is 0 Å². The molecule has 0 saturated heterocycles. The Bertz CT molecular complexity index is 711. The Balaban J connectivity index is 1.83. The molecule has 1 N–H and O–H groups in total. The van der Waals surface area contributed by atoms with Gasteiger partial charge in [-0.2, -0.15) is 0 Å². The largest absolute Gasteiger partial charge is 0.481 e. The fraction of sp³-hybridized carbons (Fsp3) is 0.312. The van der Waals surface area contributed by atoms with Crippen molar-refractivity contribution < 1.29 is 14.3 Å². The second-order valence-corrected chi connectivity index (χ2v) is 6.42. The van der Waals surface area contributed by atoms with Gasteiger partial charge in [-0.1, -0.05) is 35.5 Å². The molecule has 120 valence electrons. The summed E-state index contributed by atoms with van der Waals surface area (Å²) in [7, 11) is 0. The Morgan fingerprint density at radius 2 is 2.00 bits per heavy atom. The molecule has 0 aliphatic carbocycles. The molecule has 0 bridgehead atoms. The molecular weight excluding hydrogens is 314 g/mol. The van der Waals surface area contributed by atoms with Crippen molar-refractivity contribution in [2.24, 2.45) is 0 Å². The number of amides is 1. The number of anilines is 1. The van der Waals surface area contributed by atoms with Crippen molar-refractivity contribution in [2.75, 3.05) is 11.9 Å². The molecule has 0 unspecified atom stereocenters. The summed E-state index contributed by atoms with van der Waals surface area (Å²) < 4.78 is 10.6. The number of nitrogens with one attached hydrogen (secondary N) is 1. The Morgan fingerprint density at radius 1 is 1.26 bits per heavy atom. The summed E-state index contributed by atoms with van der Waals surface area (Å²) in [6.45, 7) is 5.61. The molecule has 0 radical (unpaired) electrons. The number of carbonyl (C=O) groups excluding carboxylic acids is 1. The smallest absolute Gasteiger partial charge is 0.414 e. The van der Waals surface area contributed by atoms with Gasteiger partial charge in [-0.3, -0.25) is 5.32 Å². The van der Waals surface area contributed by atoms with Crippen LogP contribution in [0.25, 0.3) is 0 Å². The predicted molar refractivity (Wildman–Crippen MR) is 88.6 cm³/mol. The van der Waals surface area contributed by atoms with Crippen molar-refractivity contribution in [3.05, 3.63) is 35.3 Å². The molecule has 0 fully saturated rings. The van der Waals surface area contributed by atoms with Crippen LogP contribution in [0.5, 0.6) is 5.75 Å². The lowest BCUT2D eigenvalue weighted by atomic mass is 10.2. The summed E-state index contributed by atoms with van der Waals surface area (Å²) in [5, 5.41) is 11.1. The standard InChI is InChI=1S/C16H17N3O3S/c1-16(2,3)22-15(20)17-14-19-18-13(23-14)10-7-11-21-12-8-5-4-6-9-12/h4-6,8-9H,11H2,1-3H3,(H,17,19,20). The molecule has 1 aromatic heterocycles. The van der Waals surface area contributed by atoms with Crippen LogP contribution in [0, 0.1) is 11.8 Å². The number of para-hydroxylation sites is 1. The van der Waals surface area contributed by atoms with E-state index in [0.29, 0.717) is 10.1 Å². The van der Waals surface area contributed by atoms with Crippen LogP contribution in [0.15, 0.2) is 30.3 Å². The Morgan fingerprint density at radius 3 is 2.70 bits per heavy atom. The van der Waals surface area contributed by atoms with Crippen LogP contribution in [0.1, 0.15) is 25.8 Å². The third kappa shape index (κ3) is 6.36. The minimum atomic E-state index is -0.569. The number of ether oxygens (including phenoxy) is 2. The highest BCUT2D eigenvalue weighted by atomic mass is 32.1. The third-order valence-electron chi connectivity index (χ3n) is 2.28. The molecule has 1 heterocycles. The molecule has 0 atom stereocenters. The maximum absolute atomic E-state index is 11.6. The molecule has 0 aliphatic rings. The van der Waals surface area contributed by atoms with Crippen LogP contribution in [0.3, 0.4) is 0 Å². The normalized spacial score (nSPS) is 10.4. The number of hydrogen-bond donors (Lipinski definition) is 1. The molecule has 0 saturated carbocycles. The van der Waals surface area contributed by atoms with E-state index in [-0.39, 0.29) is 6.61 Å². The lowest BCUT2D eigenvalue weighted by molar-refractivity contribution is 0.0636. The van der Waals surface area contributed by atoms with E-state index in [9.17, 15) is 4.79 Å². The van der Waals surface area contributed by atoms with Crippen molar-refractivity contribution in [2.45, 2.75) is 26.4 Å². The first-order chi connectivity index (χ1) is 10.9. The number of carbonyl (C=O) groups is 1. The number of hydrogen-bond acceptors (Lipinski definition) is 6. The number of benzene rings is 1. The van der Waals surface area contributed by atoms with E-state index in [1.54, 1.807) is 20.8 Å². The summed E-state index contributed by atoms with van der Waals surface area (Å²) in [4.78, 5) is 11.6. The topological polar surface area (TPSA) is 73.3 Å². The average molecular weight is 331 g/mol. The summed E-state index contributed by atoms with van der Waals surface area (Å²) in [6, 6.07) is 9.41. The van der Waals surface area contributed by atoms with Gasteiger partial charge in [-0.25, -0.2) is 4.79 Å². The summed E-state index contributed by atoms with van der Waals surface area (Å²) in [5.41, 5.74) is -0.563. The fourth-order valence-electron chi connectivity index (χ4n) is 1.46. The van der Waals surface area contributed by atoms with Gasteiger partial charge in [0.25, 0.3) is 0 Å². The monoisotopic (exact) mass is 331 g/mol. The van der Waals surface area contributed by atoms with Gasteiger partial charge in [0.15, 0.2) is 5.01 Å². The second-order valence-electron chi connectivity index (χ2n) is 5.44. The zero-order valence-corrected chi connectivity index (χ0v) is 13.9.